The largest absolute Gasteiger partial charge is 0.458 e. The summed E-state index contributed by atoms with van der Waals surface area (Å²) in [5, 5.41) is 0. The third kappa shape index (κ3) is 2.15. The molecule has 0 aromatic carbocycles. The van der Waals surface area contributed by atoms with Gasteiger partial charge in [0.25, 0.3) is 0 Å². The number of hydrogen-bond acceptors (Lipinski definition) is 4. The second-order valence-corrected chi connectivity index (χ2v) is 10.4. The van der Waals surface area contributed by atoms with Crippen LogP contribution in [0.4, 0.5) is 0 Å². The Labute approximate surface area is 163 Å². The number of carbonyl (C=O) groups excluding carboxylic acids is 1. The summed E-state index contributed by atoms with van der Waals surface area (Å²) < 4.78 is 18.4. The Hall–Kier alpha value is -0.870. The van der Waals surface area contributed by atoms with Crippen LogP contribution < -0.4 is 0 Å². The first-order chi connectivity index (χ1) is 12.8. The van der Waals surface area contributed by atoms with Crippen LogP contribution in [0.2, 0.25) is 0 Å². The van der Waals surface area contributed by atoms with Crippen LogP contribution in [0.3, 0.4) is 0 Å². The molecular weight excluding hydrogens is 340 g/mol. The number of hydrogen-bond donors (Lipinski definition) is 0. The van der Waals surface area contributed by atoms with Crippen molar-refractivity contribution in [3.63, 3.8) is 0 Å². The summed E-state index contributed by atoms with van der Waals surface area (Å²) in [6.07, 6.45) is 8.04. The first kappa shape index (κ1) is 18.2. The molecule has 0 aromatic heterocycles. The van der Waals surface area contributed by atoms with Gasteiger partial charge in [0.1, 0.15) is 12.2 Å². The van der Waals surface area contributed by atoms with Crippen molar-refractivity contribution in [2.24, 2.45) is 29.1 Å². The Kier molecular flexibility index (Phi) is 3.77. The molecule has 2 bridgehead atoms. The molecule has 5 fully saturated rings. The van der Waals surface area contributed by atoms with Crippen molar-refractivity contribution in [2.75, 3.05) is 6.61 Å². The van der Waals surface area contributed by atoms with Gasteiger partial charge in [0.05, 0.1) is 17.8 Å². The van der Waals surface area contributed by atoms with Gasteiger partial charge in [-0.3, -0.25) is 0 Å². The number of carbonyl (C=O) groups is 1. The molecule has 8 atom stereocenters. The van der Waals surface area contributed by atoms with Gasteiger partial charge in [0.15, 0.2) is 0 Å². The fourth-order valence-electron chi connectivity index (χ4n) is 8.08. The zero-order valence-corrected chi connectivity index (χ0v) is 17.4. The molecule has 1 spiro atoms. The summed E-state index contributed by atoms with van der Waals surface area (Å²) in [6, 6.07) is 0. The van der Waals surface area contributed by atoms with E-state index in [1.54, 1.807) is 0 Å². The third-order valence-corrected chi connectivity index (χ3v) is 8.84. The van der Waals surface area contributed by atoms with Gasteiger partial charge in [0, 0.05) is 17.9 Å². The minimum atomic E-state index is -0.113. The van der Waals surface area contributed by atoms with Crippen molar-refractivity contribution < 1.29 is 19.0 Å². The van der Waals surface area contributed by atoms with E-state index in [1.807, 2.05) is 6.08 Å². The fraction of sp³-hybridized carbons (Fsp3) is 0.870. The minimum Gasteiger partial charge on any atom is -0.458 e. The summed E-state index contributed by atoms with van der Waals surface area (Å²) >= 11 is 0. The standard InChI is InChI=1S/C23H34O4/c1-6-17-22-12-16(26-22)11-21(5,9-7-15-8-10-25-20(15)24)18(22)14(4)19-23(17,27-19)13(2)3/h8,13-14,16-19H,6-7,9-12H2,1-5H3. The van der Waals surface area contributed by atoms with Gasteiger partial charge in [0.2, 0.25) is 0 Å². The van der Waals surface area contributed by atoms with E-state index in [2.05, 4.69) is 34.6 Å². The van der Waals surface area contributed by atoms with Crippen molar-refractivity contribution in [3.05, 3.63) is 11.6 Å². The van der Waals surface area contributed by atoms with Crippen LogP contribution in [0, 0.1) is 29.1 Å². The molecule has 4 heterocycles. The quantitative estimate of drug-likeness (QED) is 0.532. The molecule has 4 heteroatoms. The summed E-state index contributed by atoms with van der Waals surface area (Å²) in [4.78, 5) is 11.9. The highest BCUT2D eigenvalue weighted by Gasteiger charge is 2.81. The molecule has 150 valence electrons. The molecule has 0 N–H and O–H groups in total. The van der Waals surface area contributed by atoms with E-state index in [9.17, 15) is 4.79 Å². The molecule has 0 radical (unpaired) electrons. The Bertz CT molecular complexity index is 690. The van der Waals surface area contributed by atoms with Crippen molar-refractivity contribution in [2.45, 2.75) is 90.1 Å². The normalized spacial score (nSPS) is 52.6. The zero-order chi connectivity index (χ0) is 19.2. The van der Waals surface area contributed by atoms with E-state index >= 15 is 0 Å². The molecule has 6 aliphatic rings. The van der Waals surface area contributed by atoms with Crippen LogP contribution in [-0.2, 0) is 19.0 Å². The Balaban J connectivity index is 1.46. The summed E-state index contributed by atoms with van der Waals surface area (Å²) in [6.45, 7) is 12.3. The summed E-state index contributed by atoms with van der Waals surface area (Å²) in [5.41, 5.74) is 1.08. The molecule has 3 saturated heterocycles. The van der Waals surface area contributed by atoms with Crippen molar-refractivity contribution in [1.29, 1.82) is 0 Å². The molecule has 2 saturated carbocycles. The molecular formula is C23H34O4. The minimum absolute atomic E-state index is 0.0195. The topological polar surface area (TPSA) is 48.1 Å². The molecule has 2 aliphatic carbocycles. The van der Waals surface area contributed by atoms with Crippen LogP contribution >= 0.6 is 0 Å². The van der Waals surface area contributed by atoms with Crippen LogP contribution in [0.5, 0.6) is 0 Å². The maximum Gasteiger partial charge on any atom is 0.334 e. The zero-order valence-electron chi connectivity index (χ0n) is 17.4. The fourth-order valence-corrected chi connectivity index (χ4v) is 8.08. The van der Waals surface area contributed by atoms with Gasteiger partial charge in [-0.05, 0) is 54.9 Å². The van der Waals surface area contributed by atoms with Gasteiger partial charge < -0.3 is 14.2 Å². The Morgan fingerprint density at radius 2 is 2.00 bits per heavy atom. The molecule has 4 aliphatic heterocycles. The number of fused-ring (bicyclic) bond motifs is 2. The molecule has 0 aromatic rings. The maximum absolute atomic E-state index is 11.9. The second-order valence-electron chi connectivity index (χ2n) is 10.4. The highest BCUT2D eigenvalue weighted by molar-refractivity contribution is 5.90. The number of rotatable bonds is 5. The van der Waals surface area contributed by atoms with E-state index in [1.165, 1.54) is 6.42 Å². The van der Waals surface area contributed by atoms with Gasteiger partial charge in [-0.15, -0.1) is 0 Å². The van der Waals surface area contributed by atoms with Crippen LogP contribution in [0.1, 0.15) is 66.7 Å². The van der Waals surface area contributed by atoms with E-state index in [-0.39, 0.29) is 22.6 Å². The van der Waals surface area contributed by atoms with Gasteiger partial charge in [-0.25, -0.2) is 4.79 Å². The lowest BCUT2D eigenvalue weighted by Gasteiger charge is -2.70. The SMILES string of the molecule is CCC1C23CC(CC(C)(CCC4=CCOC4=O)C2C(C)C2OC21C(C)C)O3. The van der Waals surface area contributed by atoms with Gasteiger partial charge in [-0.2, -0.15) is 0 Å². The first-order valence-corrected chi connectivity index (χ1v) is 11.0. The van der Waals surface area contributed by atoms with Crippen molar-refractivity contribution in [3.8, 4) is 0 Å². The Morgan fingerprint density at radius 1 is 1.26 bits per heavy atom. The number of esters is 1. The van der Waals surface area contributed by atoms with E-state index in [0.29, 0.717) is 42.5 Å². The predicted molar refractivity (Wildman–Crippen MR) is 102 cm³/mol. The van der Waals surface area contributed by atoms with Crippen LogP contribution in [0.15, 0.2) is 11.6 Å². The van der Waals surface area contributed by atoms with Gasteiger partial charge >= 0.3 is 5.97 Å². The van der Waals surface area contributed by atoms with E-state index < -0.39 is 0 Å². The Morgan fingerprint density at radius 3 is 2.59 bits per heavy atom. The smallest absolute Gasteiger partial charge is 0.334 e. The van der Waals surface area contributed by atoms with Crippen molar-refractivity contribution in [1.82, 2.24) is 0 Å². The number of ether oxygens (including phenoxy) is 3. The van der Waals surface area contributed by atoms with Crippen molar-refractivity contribution >= 4 is 5.97 Å². The lowest BCUT2D eigenvalue weighted by molar-refractivity contribution is -0.347. The molecule has 4 nitrogen and oxygen atoms in total. The van der Waals surface area contributed by atoms with Crippen LogP contribution in [0.25, 0.3) is 0 Å². The first-order valence-electron chi connectivity index (χ1n) is 11.0. The number of cyclic esters (lactones) is 1. The average molecular weight is 375 g/mol. The summed E-state index contributed by atoms with van der Waals surface area (Å²) in [5.74, 6) is 1.92. The average Bonchev–Trinajstić information content (AvgIpc) is 3.22. The maximum atomic E-state index is 11.9. The monoisotopic (exact) mass is 374 g/mol. The predicted octanol–water partition coefficient (Wildman–Crippen LogP) is 4.27. The molecule has 27 heavy (non-hydrogen) atoms. The highest BCUT2D eigenvalue weighted by atomic mass is 16.6. The highest BCUT2D eigenvalue weighted by Crippen LogP contribution is 2.74. The van der Waals surface area contributed by atoms with Crippen LogP contribution in [-0.4, -0.2) is 36.0 Å². The lowest BCUT2D eigenvalue weighted by Crippen LogP contribution is -2.75. The lowest BCUT2D eigenvalue weighted by atomic mass is 9.43. The third-order valence-electron chi connectivity index (χ3n) is 8.84. The van der Waals surface area contributed by atoms with E-state index in [4.69, 9.17) is 14.2 Å². The molecule has 8 unspecified atom stereocenters. The molecule has 0 amide bonds. The number of epoxide rings is 1. The second kappa shape index (κ2) is 5.60. The summed E-state index contributed by atoms with van der Waals surface area (Å²) in [7, 11) is 0. The van der Waals surface area contributed by atoms with Gasteiger partial charge in [-0.1, -0.05) is 34.6 Å². The van der Waals surface area contributed by atoms with E-state index in [0.717, 1.165) is 31.3 Å². The molecule has 6 rings (SSSR count).